The molecule has 2 heterocycles. The minimum atomic E-state index is -5.01. The molecule has 6 nitrogen and oxygen atoms in total. The van der Waals surface area contributed by atoms with Crippen molar-refractivity contribution in [3.63, 3.8) is 0 Å². The minimum absolute atomic E-state index is 0.553. The van der Waals surface area contributed by atoms with Crippen molar-refractivity contribution in [2.45, 2.75) is 50.4 Å². The number of halogens is 3. The number of amides is 1. The zero-order valence-electron chi connectivity index (χ0n) is 10.2. The number of aliphatic hydroxyl groups is 1. The smallest absolute Gasteiger partial charge is 0.394 e. The SMILES string of the molecule is CC1(C)O[C@H]2O[C@@H](CO)[C@H](NC(=O)C(F)(F)F)[C@@H]2O1. The Morgan fingerprint density at radius 1 is 1.37 bits per heavy atom. The van der Waals surface area contributed by atoms with Gasteiger partial charge >= 0.3 is 12.1 Å². The highest BCUT2D eigenvalue weighted by atomic mass is 19.4. The van der Waals surface area contributed by atoms with Crippen molar-refractivity contribution in [1.29, 1.82) is 0 Å². The van der Waals surface area contributed by atoms with Crippen LogP contribution in [0, 0.1) is 0 Å². The molecule has 0 bridgehead atoms. The molecule has 0 aromatic heterocycles. The van der Waals surface area contributed by atoms with Crippen LogP contribution in [0.25, 0.3) is 0 Å². The van der Waals surface area contributed by atoms with Gasteiger partial charge in [0.1, 0.15) is 12.2 Å². The number of aliphatic hydroxyl groups excluding tert-OH is 1. The number of hydrogen-bond acceptors (Lipinski definition) is 5. The maximum Gasteiger partial charge on any atom is 0.471 e. The van der Waals surface area contributed by atoms with Crippen LogP contribution in [0.3, 0.4) is 0 Å². The summed E-state index contributed by atoms with van der Waals surface area (Å²) >= 11 is 0. The van der Waals surface area contributed by atoms with Crippen LogP contribution in [0.1, 0.15) is 13.8 Å². The first kappa shape index (κ1) is 14.5. The highest BCUT2D eigenvalue weighted by Gasteiger charge is 2.56. The van der Waals surface area contributed by atoms with E-state index in [4.69, 9.17) is 19.3 Å². The average Bonchev–Trinajstić information content (AvgIpc) is 2.70. The number of carbonyl (C=O) groups is 1. The van der Waals surface area contributed by atoms with Crippen molar-refractivity contribution in [2.75, 3.05) is 6.61 Å². The number of hydrogen-bond donors (Lipinski definition) is 2. The van der Waals surface area contributed by atoms with Gasteiger partial charge in [-0.3, -0.25) is 4.79 Å². The Hall–Kier alpha value is -0.900. The molecule has 4 atom stereocenters. The fraction of sp³-hybridized carbons (Fsp3) is 0.900. The lowest BCUT2D eigenvalue weighted by Gasteiger charge is -2.25. The molecule has 0 aliphatic carbocycles. The van der Waals surface area contributed by atoms with E-state index in [-0.39, 0.29) is 0 Å². The first-order chi connectivity index (χ1) is 8.64. The average molecular weight is 285 g/mol. The van der Waals surface area contributed by atoms with Crippen LogP contribution in [0.2, 0.25) is 0 Å². The van der Waals surface area contributed by atoms with Crippen LogP contribution in [0.15, 0.2) is 0 Å². The summed E-state index contributed by atoms with van der Waals surface area (Å²) in [5.74, 6) is -3.12. The molecule has 9 heteroatoms. The van der Waals surface area contributed by atoms with Crippen LogP contribution in [0.5, 0.6) is 0 Å². The monoisotopic (exact) mass is 285 g/mol. The summed E-state index contributed by atoms with van der Waals surface area (Å²) in [7, 11) is 0. The number of fused-ring (bicyclic) bond motifs is 1. The van der Waals surface area contributed by atoms with Crippen molar-refractivity contribution in [3.05, 3.63) is 0 Å². The van der Waals surface area contributed by atoms with E-state index in [0.717, 1.165) is 0 Å². The molecule has 2 saturated heterocycles. The van der Waals surface area contributed by atoms with Crippen molar-refractivity contribution in [1.82, 2.24) is 5.32 Å². The second-order valence-electron chi connectivity index (χ2n) is 4.82. The standard InChI is InChI=1S/C10H14F3NO5/c1-9(2)18-6-5(14-8(16)10(11,12)13)4(3-15)17-7(6)19-9/h4-7,15H,3H2,1-2H3,(H,14,16)/t4-,5-,6-,7+/m0/s1. The van der Waals surface area contributed by atoms with Crippen LogP contribution in [-0.2, 0) is 19.0 Å². The second-order valence-corrected chi connectivity index (χ2v) is 4.82. The predicted molar refractivity (Wildman–Crippen MR) is 53.8 cm³/mol. The lowest BCUT2D eigenvalue weighted by molar-refractivity contribution is -0.211. The molecule has 0 aromatic rings. The third-order valence-electron chi connectivity index (χ3n) is 2.89. The van der Waals surface area contributed by atoms with E-state index >= 15 is 0 Å². The normalized spacial score (nSPS) is 37.2. The summed E-state index contributed by atoms with van der Waals surface area (Å²) in [4.78, 5) is 11.0. The van der Waals surface area contributed by atoms with Gasteiger partial charge in [0.25, 0.3) is 0 Å². The molecule has 2 rings (SSSR count). The van der Waals surface area contributed by atoms with Crippen molar-refractivity contribution in [2.24, 2.45) is 0 Å². The molecule has 1 amide bonds. The van der Waals surface area contributed by atoms with Crippen molar-refractivity contribution in [3.8, 4) is 0 Å². The molecular weight excluding hydrogens is 271 g/mol. The molecule has 0 saturated carbocycles. The van der Waals surface area contributed by atoms with Gasteiger partial charge in [-0.2, -0.15) is 13.2 Å². The summed E-state index contributed by atoms with van der Waals surface area (Å²) < 4.78 is 52.6. The number of ether oxygens (including phenoxy) is 3. The maximum atomic E-state index is 12.2. The molecule has 110 valence electrons. The van der Waals surface area contributed by atoms with E-state index in [0.29, 0.717) is 0 Å². The zero-order chi connectivity index (χ0) is 14.4. The topological polar surface area (TPSA) is 77.0 Å². The van der Waals surface area contributed by atoms with Crippen LogP contribution in [-0.4, -0.2) is 54.1 Å². The molecule has 0 spiro atoms. The largest absolute Gasteiger partial charge is 0.471 e. The van der Waals surface area contributed by atoms with Crippen molar-refractivity contribution < 1.29 is 37.3 Å². The third-order valence-corrected chi connectivity index (χ3v) is 2.89. The molecule has 2 aliphatic heterocycles. The second kappa shape index (κ2) is 4.58. The first-order valence-electron chi connectivity index (χ1n) is 5.64. The van der Waals surface area contributed by atoms with Gasteiger partial charge in [0.15, 0.2) is 12.1 Å². The summed E-state index contributed by atoms with van der Waals surface area (Å²) in [6.45, 7) is 2.60. The van der Waals surface area contributed by atoms with Gasteiger partial charge in [-0.1, -0.05) is 0 Å². The molecule has 2 N–H and O–H groups in total. The van der Waals surface area contributed by atoms with E-state index in [2.05, 4.69) is 0 Å². The lowest BCUT2D eigenvalue weighted by Crippen LogP contribution is -2.52. The van der Waals surface area contributed by atoms with Crippen molar-refractivity contribution >= 4 is 5.91 Å². The van der Waals surface area contributed by atoms with Gasteiger partial charge in [-0.15, -0.1) is 0 Å². The van der Waals surface area contributed by atoms with Crippen LogP contribution in [0.4, 0.5) is 13.2 Å². The maximum absolute atomic E-state index is 12.2. The summed E-state index contributed by atoms with van der Waals surface area (Å²) in [5.41, 5.74) is 0. The fourth-order valence-electron chi connectivity index (χ4n) is 2.14. The minimum Gasteiger partial charge on any atom is -0.394 e. The fourth-order valence-corrected chi connectivity index (χ4v) is 2.14. The molecule has 2 aliphatic rings. The number of alkyl halides is 3. The summed E-state index contributed by atoms with van der Waals surface area (Å²) in [6.07, 6.45) is -7.81. The van der Waals surface area contributed by atoms with E-state index in [9.17, 15) is 18.0 Å². The van der Waals surface area contributed by atoms with Gasteiger partial charge in [0.2, 0.25) is 0 Å². The Balaban J connectivity index is 2.10. The summed E-state index contributed by atoms with van der Waals surface area (Å²) in [5, 5.41) is 10.8. The molecule has 0 unspecified atom stereocenters. The van der Waals surface area contributed by atoms with Gasteiger partial charge in [-0.05, 0) is 13.8 Å². The molecule has 0 aromatic carbocycles. The van der Waals surface area contributed by atoms with Gasteiger partial charge < -0.3 is 24.6 Å². The Morgan fingerprint density at radius 2 is 2.00 bits per heavy atom. The summed E-state index contributed by atoms with van der Waals surface area (Å²) in [6, 6.07) is -1.12. The number of carbonyl (C=O) groups excluding carboxylic acids is 1. The number of rotatable bonds is 2. The Labute approximate surface area is 106 Å². The van der Waals surface area contributed by atoms with E-state index < -0.39 is 49.0 Å². The van der Waals surface area contributed by atoms with Crippen LogP contribution < -0.4 is 5.32 Å². The molecule has 19 heavy (non-hydrogen) atoms. The van der Waals surface area contributed by atoms with Gasteiger partial charge in [0.05, 0.1) is 12.6 Å². The highest BCUT2D eigenvalue weighted by molar-refractivity contribution is 5.82. The third kappa shape index (κ3) is 2.83. The quantitative estimate of drug-likeness (QED) is 0.741. The Morgan fingerprint density at radius 3 is 2.53 bits per heavy atom. The Kier molecular flexibility index (Phi) is 3.50. The van der Waals surface area contributed by atoms with E-state index in [1.807, 2.05) is 0 Å². The lowest BCUT2D eigenvalue weighted by atomic mass is 10.1. The predicted octanol–water partition coefficient (Wildman–Crippen LogP) is -0.0978. The van der Waals surface area contributed by atoms with E-state index in [1.165, 1.54) is 0 Å². The zero-order valence-corrected chi connectivity index (χ0v) is 10.2. The van der Waals surface area contributed by atoms with Crippen LogP contribution >= 0.6 is 0 Å². The molecule has 0 radical (unpaired) electrons. The van der Waals surface area contributed by atoms with Gasteiger partial charge in [0, 0.05) is 0 Å². The highest BCUT2D eigenvalue weighted by Crippen LogP contribution is 2.37. The first-order valence-corrected chi connectivity index (χ1v) is 5.64. The molecule has 2 fully saturated rings. The van der Waals surface area contributed by atoms with Gasteiger partial charge in [-0.25, -0.2) is 0 Å². The number of nitrogens with one attached hydrogen (secondary N) is 1. The van der Waals surface area contributed by atoms with E-state index in [1.54, 1.807) is 19.2 Å². The molecular formula is C10H14F3NO5. The Bertz CT molecular complexity index is 373.